The highest BCUT2D eigenvalue weighted by Gasteiger charge is 2.15. The van der Waals surface area contributed by atoms with E-state index < -0.39 is 11.9 Å². The molecule has 1 rings (SSSR count). The first-order valence-electron chi connectivity index (χ1n) is 5.32. The van der Waals surface area contributed by atoms with Crippen molar-refractivity contribution in [3.05, 3.63) is 35.6 Å². The van der Waals surface area contributed by atoms with Crippen LogP contribution in [0.25, 0.3) is 0 Å². The van der Waals surface area contributed by atoms with E-state index in [0.717, 1.165) is 0 Å². The lowest BCUT2D eigenvalue weighted by molar-refractivity contribution is 0.138. The largest absolute Gasteiger partial charge is 0.388 e. The first-order valence-corrected chi connectivity index (χ1v) is 5.32. The van der Waals surface area contributed by atoms with E-state index in [9.17, 15) is 9.50 Å². The van der Waals surface area contributed by atoms with Crippen LogP contribution in [0.4, 0.5) is 4.39 Å². The summed E-state index contributed by atoms with van der Waals surface area (Å²) in [5.74, 6) is -0.394. The van der Waals surface area contributed by atoms with E-state index in [0.29, 0.717) is 25.0 Å². The monoisotopic (exact) mass is 227 g/mol. The number of hydrogen-bond acceptors (Lipinski definition) is 3. The minimum absolute atomic E-state index is 0.186. The first kappa shape index (κ1) is 13.1. The molecule has 1 aromatic rings. The zero-order valence-electron chi connectivity index (χ0n) is 9.40. The average molecular weight is 227 g/mol. The molecule has 90 valence electrons. The van der Waals surface area contributed by atoms with Gasteiger partial charge in [0.15, 0.2) is 0 Å². The number of nitrogens with two attached hydrogens (primary N) is 1. The molecule has 0 saturated heterocycles. The zero-order valence-corrected chi connectivity index (χ0v) is 9.40. The van der Waals surface area contributed by atoms with Crippen molar-refractivity contribution in [2.45, 2.75) is 25.0 Å². The maximum atomic E-state index is 13.3. The summed E-state index contributed by atoms with van der Waals surface area (Å²) >= 11 is 0. The zero-order chi connectivity index (χ0) is 12.0. The third-order valence-electron chi connectivity index (χ3n) is 2.48. The Bertz CT molecular complexity index is 320. The van der Waals surface area contributed by atoms with Gasteiger partial charge in [0.1, 0.15) is 5.82 Å². The van der Waals surface area contributed by atoms with Gasteiger partial charge in [-0.3, -0.25) is 0 Å². The van der Waals surface area contributed by atoms with E-state index in [1.165, 1.54) is 6.07 Å². The lowest BCUT2D eigenvalue weighted by atomic mass is 10.0. The van der Waals surface area contributed by atoms with Gasteiger partial charge in [0.25, 0.3) is 0 Å². The smallest absolute Gasteiger partial charge is 0.128 e. The Morgan fingerprint density at radius 1 is 1.44 bits per heavy atom. The fourth-order valence-electron chi connectivity index (χ4n) is 1.55. The van der Waals surface area contributed by atoms with Crippen molar-refractivity contribution in [1.82, 2.24) is 0 Å². The van der Waals surface area contributed by atoms with Crippen LogP contribution in [0.1, 0.15) is 24.5 Å². The van der Waals surface area contributed by atoms with Crippen molar-refractivity contribution in [2.24, 2.45) is 5.73 Å². The molecule has 0 aliphatic rings. The molecule has 0 spiro atoms. The van der Waals surface area contributed by atoms with Crippen LogP contribution in [0.2, 0.25) is 0 Å². The van der Waals surface area contributed by atoms with Crippen LogP contribution < -0.4 is 5.73 Å². The Morgan fingerprint density at radius 3 is 2.75 bits per heavy atom. The van der Waals surface area contributed by atoms with Crippen molar-refractivity contribution in [3.8, 4) is 0 Å². The number of aliphatic hydroxyl groups excluding tert-OH is 1. The number of rotatable bonds is 6. The Kier molecular flexibility index (Phi) is 5.38. The topological polar surface area (TPSA) is 55.5 Å². The number of aliphatic hydroxyl groups is 1. The molecule has 2 atom stereocenters. The Hall–Kier alpha value is -0.970. The second-order valence-electron chi connectivity index (χ2n) is 3.81. The van der Waals surface area contributed by atoms with Gasteiger partial charge in [-0.25, -0.2) is 4.39 Å². The second kappa shape index (κ2) is 6.58. The van der Waals surface area contributed by atoms with Crippen LogP contribution in [-0.4, -0.2) is 24.9 Å². The van der Waals surface area contributed by atoms with Crippen molar-refractivity contribution in [2.75, 3.05) is 13.7 Å². The second-order valence-corrected chi connectivity index (χ2v) is 3.81. The molecule has 0 heterocycles. The molecule has 2 unspecified atom stereocenters. The fourth-order valence-corrected chi connectivity index (χ4v) is 1.55. The van der Waals surface area contributed by atoms with Crippen LogP contribution in [0, 0.1) is 5.82 Å². The average Bonchev–Trinajstić information content (AvgIpc) is 2.26. The molecular weight excluding hydrogens is 209 g/mol. The molecule has 0 aliphatic carbocycles. The third-order valence-corrected chi connectivity index (χ3v) is 2.48. The van der Waals surface area contributed by atoms with Gasteiger partial charge >= 0.3 is 0 Å². The van der Waals surface area contributed by atoms with E-state index in [2.05, 4.69) is 0 Å². The van der Waals surface area contributed by atoms with Crippen molar-refractivity contribution in [1.29, 1.82) is 0 Å². The summed E-state index contributed by atoms with van der Waals surface area (Å²) in [4.78, 5) is 0. The predicted octanol–water partition coefficient (Wildman–Crippen LogP) is 1.61. The lowest BCUT2D eigenvalue weighted by Gasteiger charge is -2.16. The highest BCUT2D eigenvalue weighted by atomic mass is 19.1. The van der Waals surface area contributed by atoms with Gasteiger partial charge in [-0.15, -0.1) is 0 Å². The molecule has 0 amide bonds. The number of methoxy groups -OCH3 is 1. The van der Waals surface area contributed by atoms with Gasteiger partial charge in [0, 0.05) is 25.3 Å². The van der Waals surface area contributed by atoms with Crippen LogP contribution in [0.3, 0.4) is 0 Å². The van der Waals surface area contributed by atoms with Crippen molar-refractivity contribution in [3.63, 3.8) is 0 Å². The molecule has 3 N–H and O–H groups in total. The van der Waals surface area contributed by atoms with Gasteiger partial charge in [-0.2, -0.15) is 0 Å². The van der Waals surface area contributed by atoms with Crippen LogP contribution in [-0.2, 0) is 4.74 Å². The number of halogens is 1. The number of ether oxygens (including phenoxy) is 1. The molecule has 16 heavy (non-hydrogen) atoms. The molecule has 0 aliphatic heterocycles. The maximum absolute atomic E-state index is 13.3. The van der Waals surface area contributed by atoms with Gasteiger partial charge in [-0.1, -0.05) is 18.2 Å². The molecule has 0 aromatic heterocycles. The Balaban J connectivity index is 2.52. The Labute approximate surface area is 95.0 Å². The summed E-state index contributed by atoms with van der Waals surface area (Å²) in [6.07, 6.45) is 0.139. The normalized spacial score (nSPS) is 14.8. The van der Waals surface area contributed by atoms with Gasteiger partial charge in [-0.05, 0) is 18.9 Å². The quantitative estimate of drug-likeness (QED) is 0.776. The minimum atomic E-state index is -0.854. The molecule has 4 heteroatoms. The lowest BCUT2D eigenvalue weighted by Crippen LogP contribution is -2.24. The van der Waals surface area contributed by atoms with E-state index in [4.69, 9.17) is 10.5 Å². The first-order chi connectivity index (χ1) is 7.65. The van der Waals surface area contributed by atoms with E-state index in [1.54, 1.807) is 25.3 Å². The molecule has 1 aromatic carbocycles. The fraction of sp³-hybridized carbons (Fsp3) is 0.500. The van der Waals surface area contributed by atoms with E-state index in [-0.39, 0.29) is 6.04 Å². The highest BCUT2D eigenvalue weighted by Crippen LogP contribution is 2.21. The summed E-state index contributed by atoms with van der Waals surface area (Å²) in [5, 5.41) is 9.81. The molecular formula is C12H18FNO2. The van der Waals surface area contributed by atoms with Gasteiger partial charge < -0.3 is 15.6 Å². The van der Waals surface area contributed by atoms with Crippen molar-refractivity contribution < 1.29 is 14.2 Å². The van der Waals surface area contributed by atoms with E-state index >= 15 is 0 Å². The van der Waals surface area contributed by atoms with Crippen LogP contribution in [0.15, 0.2) is 24.3 Å². The Morgan fingerprint density at radius 2 is 2.12 bits per heavy atom. The molecule has 0 bridgehead atoms. The summed E-state index contributed by atoms with van der Waals surface area (Å²) in [6.45, 7) is 0.547. The summed E-state index contributed by atoms with van der Waals surface area (Å²) in [7, 11) is 1.60. The standard InChI is InChI=1S/C12H18FNO2/c1-16-7-6-9(14)8-12(15)10-4-2-3-5-11(10)13/h2-5,9,12,15H,6-8,14H2,1H3. The number of hydrogen-bond donors (Lipinski definition) is 2. The number of benzene rings is 1. The van der Waals surface area contributed by atoms with Gasteiger partial charge in [0.05, 0.1) is 6.10 Å². The molecule has 3 nitrogen and oxygen atoms in total. The maximum Gasteiger partial charge on any atom is 0.128 e. The minimum Gasteiger partial charge on any atom is -0.388 e. The summed E-state index contributed by atoms with van der Waals surface area (Å²) < 4.78 is 18.2. The summed E-state index contributed by atoms with van der Waals surface area (Å²) in [6, 6.07) is 6.01. The molecule has 0 saturated carbocycles. The van der Waals surface area contributed by atoms with Gasteiger partial charge in [0.2, 0.25) is 0 Å². The van der Waals surface area contributed by atoms with Crippen LogP contribution in [0.5, 0.6) is 0 Å². The van der Waals surface area contributed by atoms with Crippen LogP contribution >= 0.6 is 0 Å². The molecule has 0 fully saturated rings. The highest BCUT2D eigenvalue weighted by molar-refractivity contribution is 5.19. The summed E-state index contributed by atoms with van der Waals surface area (Å²) in [5.41, 5.74) is 6.09. The predicted molar refractivity (Wildman–Crippen MR) is 60.4 cm³/mol. The van der Waals surface area contributed by atoms with Crippen molar-refractivity contribution >= 4 is 0 Å². The molecule has 0 radical (unpaired) electrons. The SMILES string of the molecule is COCCC(N)CC(O)c1ccccc1F. The third kappa shape index (κ3) is 3.89. The van der Waals surface area contributed by atoms with E-state index in [1.807, 2.05) is 0 Å².